The number of hydrogen-bond acceptors (Lipinski definition) is 5. The van der Waals surface area contributed by atoms with E-state index in [1.54, 1.807) is 24.3 Å². The number of aliphatic imine (C=N–C) groups is 1. The van der Waals surface area contributed by atoms with Crippen molar-refractivity contribution in [2.24, 2.45) is 10.7 Å². The van der Waals surface area contributed by atoms with Crippen molar-refractivity contribution in [3.8, 4) is 0 Å². The van der Waals surface area contributed by atoms with Crippen LogP contribution in [0.2, 0.25) is 0 Å². The largest absolute Gasteiger partial charge is 0.397 e. The summed E-state index contributed by atoms with van der Waals surface area (Å²) in [7, 11) is 0. The van der Waals surface area contributed by atoms with Gasteiger partial charge in [0.15, 0.2) is 11.6 Å². The number of carbonyl (C=O) groups is 1. The van der Waals surface area contributed by atoms with Crippen molar-refractivity contribution in [2.75, 3.05) is 18.8 Å². The van der Waals surface area contributed by atoms with Gasteiger partial charge in [-0.05, 0) is 43.1 Å². The molecule has 1 amide bonds. The molecule has 142 valence electrons. The Morgan fingerprint density at radius 1 is 1.30 bits per heavy atom. The van der Waals surface area contributed by atoms with Gasteiger partial charge in [-0.25, -0.2) is 8.78 Å². The number of nitrogens with one attached hydrogen (secondary N) is 1. The topological polar surface area (TPSA) is 114 Å². The van der Waals surface area contributed by atoms with Crippen LogP contribution in [0.25, 0.3) is 0 Å². The van der Waals surface area contributed by atoms with Gasteiger partial charge in [-0.3, -0.25) is 9.79 Å². The Morgan fingerprint density at radius 2 is 2.00 bits per heavy atom. The SMILES string of the molecule is NC(=O)c1cc(F)c(F)c(C=Nc2ccc(C3(O)CCCNC3)cc2)c1N. The molecule has 6 nitrogen and oxygen atoms in total. The lowest BCUT2D eigenvalue weighted by atomic mass is 9.87. The number of β-amino-alcohol motifs (C(OH)–C–C–N with tert-alkyl or cyclic N) is 1. The van der Waals surface area contributed by atoms with E-state index in [1.807, 2.05) is 0 Å². The number of nitrogen functional groups attached to an aromatic ring is 1. The van der Waals surface area contributed by atoms with E-state index < -0.39 is 23.1 Å². The maximum atomic E-state index is 14.0. The van der Waals surface area contributed by atoms with Crippen LogP contribution in [-0.2, 0) is 5.60 Å². The monoisotopic (exact) mass is 374 g/mol. The summed E-state index contributed by atoms with van der Waals surface area (Å²) in [4.78, 5) is 15.4. The van der Waals surface area contributed by atoms with Crippen molar-refractivity contribution in [3.63, 3.8) is 0 Å². The lowest BCUT2D eigenvalue weighted by Gasteiger charge is -2.33. The summed E-state index contributed by atoms with van der Waals surface area (Å²) >= 11 is 0. The molecule has 1 aliphatic heterocycles. The second-order valence-electron chi connectivity index (χ2n) is 6.53. The highest BCUT2D eigenvalue weighted by Crippen LogP contribution is 2.30. The summed E-state index contributed by atoms with van der Waals surface area (Å²) in [6.07, 6.45) is 2.58. The van der Waals surface area contributed by atoms with E-state index in [4.69, 9.17) is 11.5 Å². The highest BCUT2D eigenvalue weighted by Gasteiger charge is 2.30. The van der Waals surface area contributed by atoms with E-state index in [0.717, 1.165) is 24.7 Å². The number of anilines is 1. The third-order valence-electron chi connectivity index (χ3n) is 4.67. The van der Waals surface area contributed by atoms with Crippen LogP contribution >= 0.6 is 0 Å². The molecule has 8 heteroatoms. The quantitative estimate of drug-likeness (QED) is 0.484. The summed E-state index contributed by atoms with van der Waals surface area (Å²) in [5.74, 6) is -3.40. The minimum absolute atomic E-state index is 0.274. The van der Waals surface area contributed by atoms with Gasteiger partial charge in [0.2, 0.25) is 0 Å². The third-order valence-corrected chi connectivity index (χ3v) is 4.67. The van der Waals surface area contributed by atoms with Crippen molar-refractivity contribution in [1.29, 1.82) is 0 Å². The zero-order chi connectivity index (χ0) is 19.6. The van der Waals surface area contributed by atoms with E-state index in [0.29, 0.717) is 24.7 Å². The fourth-order valence-electron chi connectivity index (χ4n) is 3.12. The van der Waals surface area contributed by atoms with Gasteiger partial charge in [0.25, 0.3) is 5.91 Å². The summed E-state index contributed by atoms with van der Waals surface area (Å²) in [5.41, 5.74) is 10.2. The van der Waals surface area contributed by atoms with Crippen LogP contribution in [-0.4, -0.2) is 30.3 Å². The lowest BCUT2D eigenvalue weighted by Crippen LogP contribution is -2.43. The zero-order valence-electron chi connectivity index (χ0n) is 14.5. The van der Waals surface area contributed by atoms with Crippen molar-refractivity contribution in [2.45, 2.75) is 18.4 Å². The first-order chi connectivity index (χ1) is 12.8. The van der Waals surface area contributed by atoms with Crippen molar-refractivity contribution < 1.29 is 18.7 Å². The average molecular weight is 374 g/mol. The Hall–Kier alpha value is -2.84. The maximum absolute atomic E-state index is 14.0. The Labute approximate surface area is 154 Å². The first kappa shape index (κ1) is 18.9. The molecule has 1 fully saturated rings. The van der Waals surface area contributed by atoms with Crippen LogP contribution in [0.5, 0.6) is 0 Å². The molecule has 1 saturated heterocycles. The van der Waals surface area contributed by atoms with Crippen LogP contribution in [0, 0.1) is 11.6 Å². The lowest BCUT2D eigenvalue weighted by molar-refractivity contribution is 0.0123. The molecule has 27 heavy (non-hydrogen) atoms. The zero-order valence-corrected chi connectivity index (χ0v) is 14.5. The molecule has 2 aromatic rings. The molecule has 1 atom stereocenters. The van der Waals surface area contributed by atoms with Crippen LogP contribution in [0.4, 0.5) is 20.2 Å². The predicted molar refractivity (Wildman–Crippen MR) is 99.0 cm³/mol. The molecule has 0 bridgehead atoms. The molecule has 0 radical (unpaired) electrons. The van der Waals surface area contributed by atoms with Crippen LogP contribution in [0.1, 0.15) is 34.3 Å². The van der Waals surface area contributed by atoms with Crippen LogP contribution < -0.4 is 16.8 Å². The van der Waals surface area contributed by atoms with Crippen molar-refractivity contribution in [3.05, 3.63) is 58.7 Å². The van der Waals surface area contributed by atoms with E-state index in [9.17, 15) is 18.7 Å². The number of nitrogens with zero attached hydrogens (tertiary/aromatic N) is 1. The molecular weight excluding hydrogens is 354 g/mol. The van der Waals surface area contributed by atoms with Crippen molar-refractivity contribution >= 4 is 23.5 Å². The van der Waals surface area contributed by atoms with Gasteiger partial charge in [0.05, 0.1) is 22.5 Å². The Bertz CT molecular complexity index is 892. The number of carbonyl (C=O) groups excluding carboxylic acids is 1. The summed E-state index contributed by atoms with van der Waals surface area (Å²) < 4.78 is 27.7. The molecule has 1 heterocycles. The van der Waals surface area contributed by atoms with Gasteiger partial charge >= 0.3 is 0 Å². The molecule has 0 spiro atoms. The smallest absolute Gasteiger partial charge is 0.250 e. The molecule has 1 aliphatic rings. The van der Waals surface area contributed by atoms with Gasteiger partial charge in [0.1, 0.15) is 5.60 Å². The molecule has 6 N–H and O–H groups in total. The number of halogens is 2. The fraction of sp³-hybridized carbons (Fsp3) is 0.263. The fourth-order valence-corrected chi connectivity index (χ4v) is 3.12. The highest BCUT2D eigenvalue weighted by molar-refractivity contribution is 6.03. The van der Waals surface area contributed by atoms with Crippen LogP contribution in [0.3, 0.4) is 0 Å². The van der Waals surface area contributed by atoms with E-state index in [1.165, 1.54) is 0 Å². The number of hydrogen-bond donors (Lipinski definition) is 4. The van der Waals surface area contributed by atoms with E-state index >= 15 is 0 Å². The van der Waals surface area contributed by atoms with E-state index in [-0.39, 0.29) is 16.8 Å². The number of rotatable bonds is 4. The number of nitrogens with two attached hydrogens (primary N) is 2. The first-order valence-electron chi connectivity index (χ1n) is 8.47. The molecular formula is C19H20F2N4O2. The standard InChI is InChI=1S/C19H20F2N4O2/c20-15-8-13(18(23)26)17(22)14(16(15)21)9-25-12-4-2-11(3-5-12)19(27)6-1-7-24-10-19/h2-5,8-9,24,27H,1,6-7,10,22H2,(H2,23,26). The van der Waals surface area contributed by atoms with Crippen LogP contribution in [0.15, 0.2) is 35.3 Å². The third kappa shape index (κ3) is 3.81. The first-order valence-corrected chi connectivity index (χ1v) is 8.47. The minimum atomic E-state index is -1.23. The summed E-state index contributed by atoms with van der Waals surface area (Å²) in [6, 6.07) is 7.44. The molecule has 2 aromatic carbocycles. The van der Waals surface area contributed by atoms with Crippen molar-refractivity contribution in [1.82, 2.24) is 5.32 Å². The van der Waals surface area contributed by atoms with E-state index in [2.05, 4.69) is 10.3 Å². The number of primary amides is 1. The molecule has 1 unspecified atom stereocenters. The Morgan fingerprint density at radius 3 is 2.59 bits per heavy atom. The Balaban J connectivity index is 1.88. The normalized spacial score (nSPS) is 20.1. The second-order valence-corrected chi connectivity index (χ2v) is 6.53. The number of amides is 1. The molecule has 0 aliphatic carbocycles. The summed E-state index contributed by atoms with van der Waals surface area (Å²) in [5, 5.41) is 13.8. The maximum Gasteiger partial charge on any atom is 0.250 e. The number of benzene rings is 2. The molecule has 0 saturated carbocycles. The Kier molecular flexibility index (Phi) is 5.20. The highest BCUT2D eigenvalue weighted by atomic mass is 19.2. The second kappa shape index (κ2) is 7.42. The van der Waals surface area contributed by atoms with Gasteiger partial charge in [-0.15, -0.1) is 0 Å². The average Bonchev–Trinajstić information content (AvgIpc) is 2.65. The summed E-state index contributed by atoms with van der Waals surface area (Å²) in [6.45, 7) is 1.34. The number of piperidine rings is 1. The molecule has 0 aromatic heterocycles. The predicted octanol–water partition coefficient (Wildman–Crippen LogP) is 1.97. The van der Waals surface area contributed by atoms with Gasteiger partial charge in [0, 0.05) is 12.8 Å². The molecule has 3 rings (SSSR count). The number of aliphatic hydroxyl groups is 1. The van der Waals surface area contributed by atoms with Gasteiger partial charge < -0.3 is 21.9 Å². The van der Waals surface area contributed by atoms with Gasteiger partial charge in [-0.2, -0.15) is 0 Å². The minimum Gasteiger partial charge on any atom is -0.397 e. The van der Waals surface area contributed by atoms with Gasteiger partial charge in [-0.1, -0.05) is 12.1 Å².